The van der Waals surface area contributed by atoms with Gasteiger partial charge in [0.2, 0.25) is 5.91 Å². The van der Waals surface area contributed by atoms with Crippen LogP contribution in [0.1, 0.15) is 13.3 Å². The van der Waals surface area contributed by atoms with Gasteiger partial charge < -0.3 is 10.6 Å². The van der Waals surface area contributed by atoms with Gasteiger partial charge in [0.25, 0.3) is 0 Å². The lowest BCUT2D eigenvalue weighted by Gasteiger charge is -2.12. The average molecular weight is 222 g/mol. The summed E-state index contributed by atoms with van der Waals surface area (Å²) in [6, 6.07) is -0.325. The molecular formula is C8H18N2O3S. The molecule has 0 aromatic rings. The van der Waals surface area contributed by atoms with Crippen LogP contribution in [0.15, 0.2) is 0 Å². The Labute approximate surface area is 85.2 Å². The first-order valence-corrected chi connectivity index (χ1v) is 6.53. The fraction of sp³-hybridized carbons (Fsp3) is 0.875. The van der Waals surface area contributed by atoms with Crippen LogP contribution in [0.5, 0.6) is 0 Å². The van der Waals surface area contributed by atoms with Crippen LogP contribution >= 0.6 is 0 Å². The van der Waals surface area contributed by atoms with Gasteiger partial charge in [0, 0.05) is 25.3 Å². The molecule has 0 rings (SSSR count). The van der Waals surface area contributed by atoms with Crippen LogP contribution in [0.3, 0.4) is 0 Å². The van der Waals surface area contributed by atoms with Crippen molar-refractivity contribution in [3.63, 3.8) is 0 Å². The Morgan fingerprint density at radius 2 is 2.00 bits per heavy atom. The van der Waals surface area contributed by atoms with Crippen LogP contribution < -0.4 is 10.6 Å². The van der Waals surface area contributed by atoms with Gasteiger partial charge >= 0.3 is 0 Å². The highest BCUT2D eigenvalue weighted by Gasteiger charge is 2.12. The molecule has 0 saturated carbocycles. The smallest absolute Gasteiger partial charge is 0.221 e. The zero-order chi connectivity index (χ0) is 11.2. The number of hydrogen-bond acceptors (Lipinski definition) is 4. The van der Waals surface area contributed by atoms with E-state index in [1.165, 1.54) is 0 Å². The predicted octanol–water partition coefficient (Wildman–Crippen LogP) is -0.855. The van der Waals surface area contributed by atoms with Crippen molar-refractivity contribution in [3.05, 3.63) is 0 Å². The third kappa shape index (κ3) is 8.00. The molecule has 0 aliphatic heterocycles. The van der Waals surface area contributed by atoms with E-state index >= 15 is 0 Å². The van der Waals surface area contributed by atoms with E-state index in [1.54, 1.807) is 14.0 Å². The third-order valence-electron chi connectivity index (χ3n) is 1.56. The van der Waals surface area contributed by atoms with E-state index in [0.29, 0.717) is 13.0 Å². The van der Waals surface area contributed by atoms with Crippen LogP contribution in [-0.2, 0) is 14.6 Å². The van der Waals surface area contributed by atoms with Gasteiger partial charge in [0.15, 0.2) is 0 Å². The van der Waals surface area contributed by atoms with E-state index in [0.717, 1.165) is 6.26 Å². The van der Waals surface area contributed by atoms with Crippen LogP contribution in [0.25, 0.3) is 0 Å². The number of carbonyl (C=O) groups excluding carboxylic acids is 1. The van der Waals surface area contributed by atoms with Gasteiger partial charge in [-0.1, -0.05) is 0 Å². The van der Waals surface area contributed by atoms with Crippen molar-refractivity contribution in [2.75, 3.05) is 25.6 Å². The molecule has 0 aromatic carbocycles. The van der Waals surface area contributed by atoms with Gasteiger partial charge in [0.05, 0.1) is 5.75 Å². The Balaban J connectivity index is 3.83. The fourth-order valence-corrected chi connectivity index (χ4v) is 2.07. The molecule has 1 amide bonds. The van der Waals surface area contributed by atoms with Gasteiger partial charge in [-0.05, 0) is 14.0 Å². The van der Waals surface area contributed by atoms with Gasteiger partial charge in [-0.15, -0.1) is 0 Å². The molecule has 0 saturated heterocycles. The summed E-state index contributed by atoms with van der Waals surface area (Å²) >= 11 is 0. The second-order valence-electron chi connectivity index (χ2n) is 3.41. The maximum Gasteiger partial charge on any atom is 0.221 e. The minimum atomic E-state index is -3.02. The molecule has 84 valence electrons. The molecule has 0 aliphatic carbocycles. The monoisotopic (exact) mass is 222 g/mol. The highest BCUT2D eigenvalue weighted by Crippen LogP contribution is 1.90. The van der Waals surface area contributed by atoms with Crippen LogP contribution in [0.4, 0.5) is 0 Å². The largest absolute Gasteiger partial charge is 0.353 e. The Morgan fingerprint density at radius 1 is 1.43 bits per heavy atom. The number of nitrogens with one attached hydrogen (secondary N) is 2. The number of amides is 1. The van der Waals surface area contributed by atoms with E-state index in [2.05, 4.69) is 10.6 Å². The van der Waals surface area contributed by atoms with Crippen molar-refractivity contribution in [2.24, 2.45) is 0 Å². The highest BCUT2D eigenvalue weighted by atomic mass is 32.2. The molecule has 1 atom stereocenters. The van der Waals surface area contributed by atoms with Crippen molar-refractivity contribution < 1.29 is 13.2 Å². The summed E-state index contributed by atoms with van der Waals surface area (Å²) in [6.07, 6.45) is 1.52. The van der Waals surface area contributed by atoms with Gasteiger partial charge in [0.1, 0.15) is 9.84 Å². The predicted molar refractivity (Wildman–Crippen MR) is 55.9 cm³/mol. The normalized spacial score (nSPS) is 13.6. The maximum absolute atomic E-state index is 11.2. The third-order valence-corrected chi connectivity index (χ3v) is 2.67. The lowest BCUT2D eigenvalue weighted by atomic mass is 10.3. The molecule has 0 spiro atoms. The minimum absolute atomic E-state index is 0.0156. The molecule has 0 bridgehead atoms. The molecular weight excluding hydrogens is 204 g/mol. The topological polar surface area (TPSA) is 75.3 Å². The quantitative estimate of drug-likeness (QED) is 0.613. The lowest BCUT2D eigenvalue weighted by molar-refractivity contribution is -0.121. The summed E-state index contributed by atoms with van der Waals surface area (Å²) in [5, 5.41) is 5.45. The molecule has 2 N–H and O–H groups in total. The van der Waals surface area contributed by atoms with E-state index in [-0.39, 0.29) is 17.7 Å². The number of rotatable bonds is 6. The molecule has 0 radical (unpaired) electrons. The number of hydrogen-bond donors (Lipinski definition) is 2. The number of carbonyl (C=O) groups is 1. The zero-order valence-electron chi connectivity index (χ0n) is 8.83. The number of sulfone groups is 1. The average Bonchev–Trinajstić information content (AvgIpc) is 1.96. The molecule has 5 nitrogen and oxygen atoms in total. The van der Waals surface area contributed by atoms with Crippen molar-refractivity contribution in [3.8, 4) is 0 Å². The highest BCUT2D eigenvalue weighted by molar-refractivity contribution is 7.90. The van der Waals surface area contributed by atoms with E-state index in [1.807, 2.05) is 0 Å². The van der Waals surface area contributed by atoms with Crippen molar-refractivity contribution in [2.45, 2.75) is 19.4 Å². The molecule has 14 heavy (non-hydrogen) atoms. The Bertz CT molecular complexity index is 274. The standard InChI is InChI=1S/C8H18N2O3S/c1-7(6-14(3,12)13)10-8(11)4-5-9-2/h7,9H,4-6H2,1-3H3,(H,10,11). The summed E-state index contributed by atoms with van der Waals surface area (Å²) in [6.45, 7) is 2.27. The van der Waals surface area contributed by atoms with Crippen molar-refractivity contribution >= 4 is 15.7 Å². The van der Waals surface area contributed by atoms with Crippen LogP contribution in [0.2, 0.25) is 0 Å². The molecule has 0 fully saturated rings. The first-order valence-electron chi connectivity index (χ1n) is 4.47. The fourth-order valence-electron chi connectivity index (χ4n) is 1.08. The summed E-state index contributed by atoms with van der Waals surface area (Å²) in [7, 11) is -1.26. The Kier molecular flexibility index (Phi) is 5.71. The molecule has 0 heterocycles. The molecule has 6 heteroatoms. The van der Waals surface area contributed by atoms with Gasteiger partial charge in [-0.2, -0.15) is 0 Å². The lowest BCUT2D eigenvalue weighted by Crippen LogP contribution is -2.38. The summed E-state index contributed by atoms with van der Waals surface area (Å²) < 4.78 is 21.7. The van der Waals surface area contributed by atoms with Gasteiger partial charge in [-0.25, -0.2) is 8.42 Å². The molecule has 0 aliphatic rings. The summed E-state index contributed by atoms with van der Waals surface area (Å²) in [5.74, 6) is -0.145. The Hall–Kier alpha value is -0.620. The molecule has 0 aromatic heterocycles. The van der Waals surface area contributed by atoms with E-state index in [4.69, 9.17) is 0 Å². The summed E-state index contributed by atoms with van der Waals surface area (Å²) in [4.78, 5) is 11.2. The van der Waals surface area contributed by atoms with E-state index < -0.39 is 9.84 Å². The second kappa shape index (κ2) is 5.98. The first-order chi connectivity index (χ1) is 6.35. The maximum atomic E-state index is 11.2. The Morgan fingerprint density at radius 3 is 2.43 bits per heavy atom. The molecule has 1 unspecified atom stereocenters. The van der Waals surface area contributed by atoms with Crippen molar-refractivity contribution in [1.82, 2.24) is 10.6 Å². The van der Waals surface area contributed by atoms with Gasteiger partial charge in [-0.3, -0.25) is 4.79 Å². The van der Waals surface area contributed by atoms with Crippen LogP contribution in [-0.4, -0.2) is 46.0 Å². The summed E-state index contributed by atoms with van der Waals surface area (Å²) in [5.41, 5.74) is 0. The first kappa shape index (κ1) is 13.4. The SMILES string of the molecule is CNCCC(=O)NC(C)CS(C)(=O)=O. The zero-order valence-corrected chi connectivity index (χ0v) is 9.65. The van der Waals surface area contributed by atoms with Crippen molar-refractivity contribution in [1.29, 1.82) is 0 Å². The second-order valence-corrected chi connectivity index (χ2v) is 5.60. The minimum Gasteiger partial charge on any atom is -0.353 e. The van der Waals surface area contributed by atoms with E-state index in [9.17, 15) is 13.2 Å². The van der Waals surface area contributed by atoms with Crippen LogP contribution in [0, 0.1) is 0 Å².